The van der Waals surface area contributed by atoms with E-state index in [1.807, 2.05) is 44.1 Å². The Morgan fingerprint density at radius 2 is 2.20 bits per heavy atom. The van der Waals surface area contributed by atoms with Crippen molar-refractivity contribution in [3.05, 3.63) is 18.0 Å². The summed E-state index contributed by atoms with van der Waals surface area (Å²) in [7, 11) is 0. The van der Waals surface area contributed by atoms with E-state index in [-0.39, 0.29) is 34.2 Å². The molecule has 7 unspecified atom stereocenters. The number of nitriles is 1. The maximum absolute atomic E-state index is 14.3. The molecule has 3 aliphatic rings. The fourth-order valence-electron chi connectivity index (χ4n) is 6.38. The number of aromatic amines is 1. The first-order valence-corrected chi connectivity index (χ1v) is 16.9. The number of thioether (sulfide) groups is 1. The number of hydroxylamine groups is 1. The molecule has 4 N–H and O–H groups in total. The second-order valence-electron chi connectivity index (χ2n) is 11.5. The fourth-order valence-corrected chi connectivity index (χ4v) is 8.85. The maximum Gasteiger partial charge on any atom is 0.366 e. The maximum atomic E-state index is 14.3. The van der Waals surface area contributed by atoms with Crippen molar-refractivity contribution in [2.75, 3.05) is 25.1 Å². The molecule has 226 valence electrons. The molecule has 13 heteroatoms. The van der Waals surface area contributed by atoms with E-state index in [2.05, 4.69) is 38.2 Å². The molecule has 2 heterocycles. The standard InChI is InChI=1S/C28H44FN8O2S2/c1-5-28(14-20(24-16-32-36-33-24)11-12-31-26(35-39)21-13-23(21)29)27(38)37(6-2,41-28)34-25(18(3)15-30)22(17-40-4)19-9-7-8-10-19/h11,16,18-19,21-23,25,34,39H,5-10,12-14,17H2,1-4H3,(H,31,35)(H,32,33,36)/q+1. The number of hydrogen-bond donors (Lipinski definition) is 4. The Balaban J connectivity index is 1.56. The lowest BCUT2D eigenvalue weighted by molar-refractivity contribution is -0.785. The van der Waals surface area contributed by atoms with Crippen LogP contribution < -0.4 is 10.9 Å². The first-order chi connectivity index (χ1) is 19.8. The summed E-state index contributed by atoms with van der Waals surface area (Å²) in [5.41, 5.74) is 7.21. The number of amides is 1. The smallest absolute Gasteiger partial charge is 0.290 e. The molecule has 2 aliphatic carbocycles. The predicted molar refractivity (Wildman–Crippen MR) is 161 cm³/mol. The molecule has 0 bridgehead atoms. The van der Waals surface area contributed by atoms with Gasteiger partial charge in [0.25, 0.3) is 0 Å². The van der Waals surface area contributed by atoms with E-state index < -0.39 is 16.8 Å². The SMILES string of the molecule is CCC1(CC(=CCN=C(NO)C2CC2F)c2cn[nH]n2)S[N+](CC)(NC(C(C)C#N)C(CSC)C2CCCC2)C1=O. The van der Waals surface area contributed by atoms with Gasteiger partial charge in [-0.05, 0) is 56.1 Å². The fraction of sp³-hybridized carbons (Fsp3) is 0.750. The molecular weight excluding hydrogens is 563 g/mol. The van der Waals surface area contributed by atoms with Crippen molar-refractivity contribution in [1.29, 1.82) is 5.26 Å². The predicted octanol–water partition coefficient (Wildman–Crippen LogP) is 4.69. The zero-order valence-electron chi connectivity index (χ0n) is 24.5. The van der Waals surface area contributed by atoms with E-state index in [0.29, 0.717) is 43.3 Å². The van der Waals surface area contributed by atoms with Crippen molar-refractivity contribution >= 4 is 41.0 Å². The third kappa shape index (κ3) is 6.82. The number of H-pyrrole nitrogens is 1. The number of hydrogen-bond acceptors (Lipinski definition) is 9. The van der Waals surface area contributed by atoms with Crippen LogP contribution in [0.4, 0.5) is 4.39 Å². The van der Waals surface area contributed by atoms with Gasteiger partial charge in [-0.25, -0.2) is 9.18 Å². The molecule has 1 amide bonds. The second-order valence-corrected chi connectivity index (χ2v) is 14.0. The monoisotopic (exact) mass is 607 g/mol. The molecule has 41 heavy (non-hydrogen) atoms. The Bertz CT molecular complexity index is 1140. The van der Waals surface area contributed by atoms with Gasteiger partial charge in [-0.1, -0.05) is 38.7 Å². The van der Waals surface area contributed by atoms with Gasteiger partial charge in [0.1, 0.15) is 36.2 Å². The van der Waals surface area contributed by atoms with E-state index >= 15 is 0 Å². The van der Waals surface area contributed by atoms with Crippen molar-refractivity contribution < 1.29 is 18.4 Å². The van der Waals surface area contributed by atoms with Gasteiger partial charge in [0.15, 0.2) is 4.75 Å². The quantitative estimate of drug-likeness (QED) is 0.0735. The summed E-state index contributed by atoms with van der Waals surface area (Å²) in [6.07, 6.45) is 10.9. The van der Waals surface area contributed by atoms with Gasteiger partial charge in [-0.3, -0.25) is 15.7 Å². The van der Waals surface area contributed by atoms with Crippen LogP contribution in [0.5, 0.6) is 0 Å². The number of aromatic nitrogens is 3. The largest absolute Gasteiger partial charge is 0.366 e. The number of allylic oxidation sites excluding steroid dienone is 1. The lowest BCUT2D eigenvalue weighted by Gasteiger charge is -2.52. The third-order valence-corrected chi connectivity index (χ3v) is 11.5. The van der Waals surface area contributed by atoms with Gasteiger partial charge >= 0.3 is 5.91 Å². The molecule has 0 aromatic carbocycles. The first kappa shape index (κ1) is 31.9. The third-order valence-electron chi connectivity index (χ3n) is 8.99. The van der Waals surface area contributed by atoms with Crippen LogP contribution in [0, 0.1) is 35.0 Å². The van der Waals surface area contributed by atoms with Crippen molar-refractivity contribution in [3.8, 4) is 6.07 Å². The van der Waals surface area contributed by atoms with Crippen molar-refractivity contribution in [3.63, 3.8) is 0 Å². The Hall–Kier alpha value is -1.98. The highest BCUT2D eigenvalue weighted by molar-refractivity contribution is 7.98. The van der Waals surface area contributed by atoms with Gasteiger partial charge in [0.2, 0.25) is 0 Å². The number of amidine groups is 1. The molecule has 1 aromatic heterocycles. The molecule has 10 nitrogen and oxygen atoms in total. The Morgan fingerprint density at radius 3 is 2.71 bits per heavy atom. The van der Waals surface area contributed by atoms with Gasteiger partial charge in [-0.2, -0.15) is 32.4 Å². The van der Waals surface area contributed by atoms with Crippen LogP contribution in [0.2, 0.25) is 0 Å². The van der Waals surface area contributed by atoms with Gasteiger partial charge in [-0.15, -0.1) is 9.42 Å². The molecule has 1 aliphatic heterocycles. The number of carbonyl (C=O) groups excluding carboxylic acids is 1. The van der Waals surface area contributed by atoms with Gasteiger partial charge in [0, 0.05) is 6.42 Å². The van der Waals surface area contributed by atoms with Crippen LogP contribution in [0.15, 0.2) is 17.3 Å². The topological polar surface area (TPSA) is 139 Å². The number of aliphatic imine (C=N–C) groups is 1. The minimum atomic E-state index is -0.982. The highest BCUT2D eigenvalue weighted by Crippen LogP contribution is 2.55. The van der Waals surface area contributed by atoms with Crippen LogP contribution in [0.3, 0.4) is 0 Å². The molecule has 0 spiro atoms. The highest BCUT2D eigenvalue weighted by atomic mass is 32.2. The van der Waals surface area contributed by atoms with Crippen LogP contribution in [0.1, 0.15) is 71.4 Å². The Labute approximate surface area is 251 Å². The Kier molecular flexibility index (Phi) is 10.9. The van der Waals surface area contributed by atoms with E-state index in [1.165, 1.54) is 25.7 Å². The lowest BCUT2D eigenvalue weighted by atomic mass is 9.81. The number of nitrogens with zero attached hydrogens (tertiary/aromatic N) is 5. The van der Waals surface area contributed by atoms with E-state index in [4.69, 9.17) is 0 Å². The summed E-state index contributed by atoms with van der Waals surface area (Å²) in [5.74, 6) is 1.56. The molecule has 1 saturated heterocycles. The summed E-state index contributed by atoms with van der Waals surface area (Å²) in [4.78, 5) is 18.7. The number of carbonyl (C=O) groups is 1. The number of halogens is 1. The summed E-state index contributed by atoms with van der Waals surface area (Å²) < 4.78 is 12.9. The first-order valence-electron chi connectivity index (χ1n) is 14.7. The summed E-state index contributed by atoms with van der Waals surface area (Å²) >= 11 is 3.44. The second kappa shape index (κ2) is 14.0. The molecule has 3 fully saturated rings. The zero-order chi connectivity index (χ0) is 29.6. The van der Waals surface area contributed by atoms with Crippen LogP contribution in [-0.4, -0.2) is 78.4 Å². The Morgan fingerprint density at radius 1 is 1.46 bits per heavy atom. The van der Waals surface area contributed by atoms with Crippen molar-refractivity contribution in [2.45, 2.75) is 82.7 Å². The van der Waals surface area contributed by atoms with Gasteiger partial charge in [0.05, 0.1) is 36.7 Å². The van der Waals surface area contributed by atoms with E-state index in [0.717, 1.165) is 11.3 Å². The average molecular weight is 608 g/mol. The number of rotatable bonds is 15. The van der Waals surface area contributed by atoms with Crippen molar-refractivity contribution in [1.82, 2.24) is 26.3 Å². The van der Waals surface area contributed by atoms with Crippen LogP contribution in [0.25, 0.3) is 5.57 Å². The summed E-state index contributed by atoms with van der Waals surface area (Å²) in [6.45, 7) is 6.80. The summed E-state index contributed by atoms with van der Waals surface area (Å²) in [5, 5.41) is 30.3. The number of alkyl halides is 1. The molecule has 1 aromatic rings. The van der Waals surface area contributed by atoms with Crippen LogP contribution >= 0.6 is 23.7 Å². The normalized spacial score (nSPS) is 30.9. The van der Waals surface area contributed by atoms with E-state index in [1.54, 1.807) is 18.1 Å². The highest BCUT2D eigenvalue weighted by Gasteiger charge is 2.69. The number of nitrogens with one attached hydrogen (secondary N) is 3. The molecule has 7 atom stereocenters. The van der Waals surface area contributed by atoms with E-state index in [9.17, 15) is 19.7 Å². The molecule has 4 rings (SSSR count). The molecular formula is C28H44FN8O2S2+. The summed E-state index contributed by atoms with van der Waals surface area (Å²) in [6, 6.07) is 2.40. The average Bonchev–Trinajstić information content (AvgIpc) is 3.39. The van der Waals surface area contributed by atoms with Gasteiger partial charge < -0.3 is 0 Å². The lowest BCUT2D eigenvalue weighted by Crippen LogP contribution is -2.76. The number of quaternary nitrogens is 1. The molecule has 0 radical (unpaired) electrons. The van der Waals surface area contributed by atoms with Crippen LogP contribution in [-0.2, 0) is 4.79 Å². The zero-order valence-corrected chi connectivity index (χ0v) is 26.1. The minimum absolute atomic E-state index is 0.0878. The minimum Gasteiger partial charge on any atom is -0.290 e. The van der Waals surface area contributed by atoms with Crippen molar-refractivity contribution in [2.24, 2.45) is 28.7 Å². The molecule has 2 saturated carbocycles.